The number of nitrogens with two attached hydrogens (primary N) is 1. The smallest absolute Gasteiger partial charge is 0.255 e. The number of benzene rings is 1. The number of nitrogens with one attached hydrogen (secondary N) is 2. The summed E-state index contributed by atoms with van der Waals surface area (Å²) in [5, 5.41) is 2.59. The summed E-state index contributed by atoms with van der Waals surface area (Å²) in [7, 11) is -1.93. The maximum Gasteiger partial charge on any atom is 0.255 e. The van der Waals surface area contributed by atoms with E-state index in [0.29, 0.717) is 24.6 Å². The van der Waals surface area contributed by atoms with E-state index in [1.54, 1.807) is 7.05 Å². The van der Waals surface area contributed by atoms with Gasteiger partial charge in [0.15, 0.2) is 0 Å². The Morgan fingerprint density at radius 1 is 1.26 bits per heavy atom. The van der Waals surface area contributed by atoms with Crippen LogP contribution in [0.15, 0.2) is 18.2 Å². The molecule has 0 aliphatic heterocycles. The molecular weight excluding hydrogens is 392 g/mol. The SMILES string of the molecule is CC(=O)Nc1ccc(NS(C)(=O)=O)c(C(=O)N(C)CCC(N)C(C)C)c1.Cl. The quantitative estimate of drug-likeness (QED) is 0.592. The number of sulfonamides is 1. The highest BCUT2D eigenvalue weighted by molar-refractivity contribution is 7.92. The summed E-state index contributed by atoms with van der Waals surface area (Å²) < 4.78 is 25.5. The maximum atomic E-state index is 12.8. The van der Waals surface area contributed by atoms with Gasteiger partial charge in [-0.3, -0.25) is 14.3 Å². The number of nitrogens with zero attached hydrogens (tertiary/aromatic N) is 1. The van der Waals surface area contributed by atoms with Crippen molar-refractivity contribution in [2.45, 2.75) is 33.2 Å². The van der Waals surface area contributed by atoms with Crippen molar-refractivity contribution >= 4 is 45.6 Å². The van der Waals surface area contributed by atoms with Crippen LogP contribution < -0.4 is 15.8 Å². The van der Waals surface area contributed by atoms with Crippen LogP contribution in [0, 0.1) is 5.92 Å². The van der Waals surface area contributed by atoms with Gasteiger partial charge in [0.25, 0.3) is 5.91 Å². The molecule has 0 fully saturated rings. The minimum absolute atomic E-state index is 0. The number of hydrogen-bond donors (Lipinski definition) is 3. The van der Waals surface area contributed by atoms with Crippen LogP contribution >= 0.6 is 12.4 Å². The molecular formula is C17H29ClN4O4S. The molecule has 154 valence electrons. The van der Waals surface area contributed by atoms with Crippen molar-refractivity contribution in [3.8, 4) is 0 Å². The average molecular weight is 421 g/mol. The third-order valence-corrected chi connectivity index (χ3v) is 4.46. The van der Waals surface area contributed by atoms with Crippen molar-refractivity contribution in [3.05, 3.63) is 23.8 Å². The molecule has 1 unspecified atom stereocenters. The molecule has 1 rings (SSSR count). The van der Waals surface area contributed by atoms with Crippen molar-refractivity contribution in [2.75, 3.05) is 29.9 Å². The zero-order valence-electron chi connectivity index (χ0n) is 16.3. The summed E-state index contributed by atoms with van der Waals surface area (Å²) in [6.07, 6.45) is 1.63. The first-order chi connectivity index (χ1) is 11.9. The van der Waals surface area contributed by atoms with Crippen LogP contribution in [-0.4, -0.2) is 51.0 Å². The maximum absolute atomic E-state index is 12.8. The standard InChI is InChI=1S/C17H28N4O4S.ClH/c1-11(2)15(18)8-9-21(4)17(23)14-10-13(19-12(3)22)6-7-16(14)20-26(5,24)25;/h6-7,10-11,15,20H,8-9,18H2,1-5H3,(H,19,22);1H. The normalized spacial score (nSPS) is 12.1. The van der Waals surface area contributed by atoms with Crippen molar-refractivity contribution in [1.82, 2.24) is 4.90 Å². The van der Waals surface area contributed by atoms with Crippen LogP contribution in [0.2, 0.25) is 0 Å². The predicted molar refractivity (Wildman–Crippen MR) is 111 cm³/mol. The van der Waals surface area contributed by atoms with Gasteiger partial charge in [0.1, 0.15) is 0 Å². The fourth-order valence-electron chi connectivity index (χ4n) is 2.27. The molecule has 27 heavy (non-hydrogen) atoms. The Morgan fingerprint density at radius 2 is 1.85 bits per heavy atom. The second-order valence-electron chi connectivity index (χ2n) is 6.74. The molecule has 4 N–H and O–H groups in total. The highest BCUT2D eigenvalue weighted by atomic mass is 35.5. The number of hydrogen-bond acceptors (Lipinski definition) is 5. The first kappa shape index (κ1) is 25.2. The Balaban J connectivity index is 0.00000676. The van der Waals surface area contributed by atoms with Gasteiger partial charge < -0.3 is 16.0 Å². The lowest BCUT2D eigenvalue weighted by atomic mass is 10.0. The van der Waals surface area contributed by atoms with Crippen LogP contribution in [0.1, 0.15) is 37.6 Å². The first-order valence-corrected chi connectivity index (χ1v) is 10.2. The monoisotopic (exact) mass is 420 g/mol. The number of halogens is 1. The van der Waals surface area contributed by atoms with Crippen LogP contribution in [0.4, 0.5) is 11.4 Å². The molecule has 0 radical (unpaired) electrons. The van der Waals surface area contributed by atoms with E-state index in [1.807, 2.05) is 13.8 Å². The fraction of sp³-hybridized carbons (Fsp3) is 0.529. The van der Waals surface area contributed by atoms with Crippen LogP contribution in [0.5, 0.6) is 0 Å². The van der Waals surface area contributed by atoms with Gasteiger partial charge in [-0.2, -0.15) is 0 Å². The molecule has 1 aromatic rings. The molecule has 8 nitrogen and oxygen atoms in total. The lowest BCUT2D eigenvalue weighted by Gasteiger charge is -2.23. The molecule has 0 bridgehead atoms. The molecule has 1 atom stereocenters. The van der Waals surface area contributed by atoms with Crippen molar-refractivity contribution in [3.63, 3.8) is 0 Å². The Hall–Kier alpha value is -1.84. The van der Waals surface area contributed by atoms with Crippen molar-refractivity contribution < 1.29 is 18.0 Å². The number of carbonyl (C=O) groups excluding carboxylic acids is 2. The Labute approximate surface area is 167 Å². The molecule has 0 spiro atoms. The average Bonchev–Trinajstić information content (AvgIpc) is 2.50. The number of rotatable bonds is 8. The number of amides is 2. The van der Waals surface area contributed by atoms with Crippen LogP contribution in [-0.2, 0) is 14.8 Å². The minimum atomic E-state index is -3.56. The van der Waals surface area contributed by atoms with Gasteiger partial charge in [-0.15, -0.1) is 12.4 Å². The van der Waals surface area contributed by atoms with Gasteiger partial charge in [-0.05, 0) is 30.5 Å². The van der Waals surface area contributed by atoms with E-state index in [1.165, 1.54) is 30.0 Å². The molecule has 0 heterocycles. The fourth-order valence-corrected chi connectivity index (χ4v) is 2.85. The van der Waals surface area contributed by atoms with E-state index in [2.05, 4.69) is 10.0 Å². The zero-order valence-corrected chi connectivity index (χ0v) is 17.9. The summed E-state index contributed by atoms with van der Waals surface area (Å²) in [6.45, 7) is 5.81. The first-order valence-electron chi connectivity index (χ1n) is 8.31. The number of carbonyl (C=O) groups is 2. The van der Waals surface area contributed by atoms with E-state index in [-0.39, 0.29) is 41.5 Å². The largest absolute Gasteiger partial charge is 0.342 e. The highest BCUT2D eigenvalue weighted by Crippen LogP contribution is 2.23. The molecule has 0 saturated carbocycles. The Kier molecular flexibility index (Phi) is 9.77. The van der Waals surface area contributed by atoms with E-state index in [0.717, 1.165) is 6.26 Å². The van der Waals surface area contributed by atoms with Crippen molar-refractivity contribution in [2.24, 2.45) is 11.7 Å². The lowest BCUT2D eigenvalue weighted by Crippen LogP contribution is -2.35. The van der Waals surface area contributed by atoms with Gasteiger partial charge in [0.2, 0.25) is 15.9 Å². The molecule has 0 saturated heterocycles. The molecule has 1 aromatic carbocycles. The third kappa shape index (κ3) is 8.59. The zero-order chi connectivity index (χ0) is 20.1. The molecule has 2 amide bonds. The molecule has 10 heteroatoms. The van der Waals surface area contributed by atoms with Crippen molar-refractivity contribution in [1.29, 1.82) is 0 Å². The van der Waals surface area contributed by atoms with Crippen LogP contribution in [0.25, 0.3) is 0 Å². The van der Waals surface area contributed by atoms with Gasteiger partial charge in [0, 0.05) is 32.2 Å². The summed E-state index contributed by atoms with van der Waals surface area (Å²) in [5.41, 5.74) is 6.74. The highest BCUT2D eigenvalue weighted by Gasteiger charge is 2.20. The molecule has 0 aliphatic rings. The third-order valence-electron chi connectivity index (χ3n) is 3.87. The lowest BCUT2D eigenvalue weighted by molar-refractivity contribution is -0.114. The summed E-state index contributed by atoms with van der Waals surface area (Å²) in [5.74, 6) is -0.355. The van der Waals surface area contributed by atoms with Gasteiger partial charge in [-0.1, -0.05) is 13.8 Å². The topological polar surface area (TPSA) is 122 Å². The summed E-state index contributed by atoms with van der Waals surface area (Å²) in [6, 6.07) is 4.40. The van der Waals surface area contributed by atoms with E-state index < -0.39 is 10.0 Å². The van der Waals surface area contributed by atoms with E-state index in [9.17, 15) is 18.0 Å². The predicted octanol–water partition coefficient (Wildman–Crippen LogP) is 1.88. The molecule has 0 aromatic heterocycles. The minimum Gasteiger partial charge on any atom is -0.342 e. The summed E-state index contributed by atoms with van der Waals surface area (Å²) >= 11 is 0. The molecule has 0 aliphatic carbocycles. The van der Waals surface area contributed by atoms with E-state index >= 15 is 0 Å². The van der Waals surface area contributed by atoms with Gasteiger partial charge in [0.05, 0.1) is 17.5 Å². The van der Waals surface area contributed by atoms with Gasteiger partial charge >= 0.3 is 0 Å². The number of anilines is 2. The van der Waals surface area contributed by atoms with E-state index in [4.69, 9.17) is 5.73 Å². The van der Waals surface area contributed by atoms with Crippen LogP contribution in [0.3, 0.4) is 0 Å². The second-order valence-corrected chi connectivity index (χ2v) is 8.49. The van der Waals surface area contributed by atoms with Gasteiger partial charge in [-0.25, -0.2) is 8.42 Å². The Morgan fingerprint density at radius 3 is 2.33 bits per heavy atom. The second kappa shape index (κ2) is 10.5. The Bertz CT molecular complexity index is 768. The summed E-state index contributed by atoms with van der Waals surface area (Å²) in [4.78, 5) is 25.5.